The fraction of sp³-hybridized carbons (Fsp3) is 0.429. The summed E-state index contributed by atoms with van der Waals surface area (Å²) >= 11 is 0. The molecule has 4 heterocycles. The lowest BCUT2D eigenvalue weighted by Crippen LogP contribution is -2.57. The van der Waals surface area contributed by atoms with Gasteiger partial charge in [-0.3, -0.25) is 0 Å². The van der Waals surface area contributed by atoms with E-state index in [-0.39, 0.29) is 11.3 Å². The SMILES string of the molecule is Cc1nnn(-c2ccc(-c3cnc(/C=C4\C[C@@]5(C)CC[C@](C)(N5)[C@H]4F)nn3)c(O)c2)n1. The number of nitrogens with zero attached hydrogens (tertiary/aromatic N) is 7. The van der Waals surface area contributed by atoms with Gasteiger partial charge in [-0.15, -0.1) is 25.2 Å². The van der Waals surface area contributed by atoms with Crippen molar-refractivity contribution in [2.75, 3.05) is 0 Å². The Morgan fingerprint density at radius 1 is 1.23 bits per heavy atom. The van der Waals surface area contributed by atoms with E-state index >= 15 is 4.39 Å². The first-order chi connectivity index (χ1) is 14.7. The van der Waals surface area contributed by atoms with Crippen molar-refractivity contribution in [1.82, 2.24) is 40.7 Å². The van der Waals surface area contributed by atoms with Gasteiger partial charge in [0, 0.05) is 17.2 Å². The first-order valence-electron chi connectivity index (χ1n) is 10.2. The molecule has 2 saturated heterocycles. The summed E-state index contributed by atoms with van der Waals surface area (Å²) in [7, 11) is 0. The Morgan fingerprint density at radius 2 is 2.06 bits per heavy atom. The number of hydrogen-bond donors (Lipinski definition) is 2. The molecule has 3 aromatic rings. The van der Waals surface area contributed by atoms with Crippen LogP contribution in [-0.4, -0.2) is 57.7 Å². The van der Waals surface area contributed by atoms with Crippen LogP contribution in [-0.2, 0) is 0 Å². The van der Waals surface area contributed by atoms with Crippen LogP contribution in [0.2, 0.25) is 0 Å². The summed E-state index contributed by atoms with van der Waals surface area (Å²) in [5, 5.41) is 34.1. The molecule has 2 N–H and O–H groups in total. The second-order valence-corrected chi connectivity index (χ2v) is 8.89. The number of aryl methyl sites for hydroxylation is 1. The fourth-order valence-electron chi connectivity index (χ4n) is 4.64. The number of rotatable bonds is 3. The van der Waals surface area contributed by atoms with Gasteiger partial charge in [-0.05, 0) is 69.0 Å². The molecule has 3 atom stereocenters. The molecule has 0 saturated carbocycles. The lowest BCUT2D eigenvalue weighted by atomic mass is 9.83. The molecule has 2 fully saturated rings. The van der Waals surface area contributed by atoms with E-state index in [2.05, 4.69) is 42.8 Å². The number of phenols is 1. The Hall–Kier alpha value is -3.27. The molecular formula is C21H23FN8O. The second-order valence-electron chi connectivity index (χ2n) is 8.89. The number of benzene rings is 1. The molecule has 9 nitrogen and oxygen atoms in total. The lowest BCUT2D eigenvalue weighted by molar-refractivity contribution is 0.160. The number of aromatic nitrogens is 7. The minimum atomic E-state index is -1.09. The molecule has 2 aliphatic heterocycles. The highest BCUT2D eigenvalue weighted by Crippen LogP contribution is 2.46. The second kappa shape index (κ2) is 6.88. The molecule has 0 aliphatic carbocycles. The Bertz CT molecular complexity index is 1180. The number of hydrogen-bond acceptors (Lipinski definition) is 8. The summed E-state index contributed by atoms with van der Waals surface area (Å²) in [6.45, 7) is 5.79. The first kappa shape index (κ1) is 19.7. The predicted octanol–water partition coefficient (Wildman–Crippen LogP) is 2.55. The van der Waals surface area contributed by atoms with Gasteiger partial charge >= 0.3 is 0 Å². The van der Waals surface area contributed by atoms with Crippen LogP contribution in [0, 0.1) is 6.92 Å². The monoisotopic (exact) mass is 422 g/mol. The van der Waals surface area contributed by atoms with Gasteiger partial charge in [-0.2, -0.15) is 0 Å². The summed E-state index contributed by atoms with van der Waals surface area (Å²) in [6, 6.07) is 4.96. The van der Waals surface area contributed by atoms with E-state index in [0.717, 1.165) is 12.8 Å². The van der Waals surface area contributed by atoms with Gasteiger partial charge in [-0.25, -0.2) is 9.37 Å². The highest BCUT2D eigenvalue weighted by atomic mass is 19.1. The molecule has 10 heteroatoms. The third-order valence-corrected chi connectivity index (χ3v) is 6.16. The maximum absolute atomic E-state index is 15.1. The highest BCUT2D eigenvalue weighted by molar-refractivity contribution is 5.68. The van der Waals surface area contributed by atoms with Crippen molar-refractivity contribution in [3.8, 4) is 22.7 Å². The third kappa shape index (κ3) is 3.46. The van der Waals surface area contributed by atoms with Crippen LogP contribution in [0.5, 0.6) is 5.75 Å². The molecule has 31 heavy (non-hydrogen) atoms. The number of aromatic hydroxyl groups is 1. The van der Waals surface area contributed by atoms with Gasteiger partial charge < -0.3 is 10.4 Å². The van der Waals surface area contributed by atoms with Gasteiger partial charge in [0.1, 0.15) is 17.6 Å². The van der Waals surface area contributed by atoms with Crippen LogP contribution < -0.4 is 5.32 Å². The summed E-state index contributed by atoms with van der Waals surface area (Å²) in [4.78, 5) is 5.67. The van der Waals surface area contributed by atoms with Crippen LogP contribution in [0.15, 0.2) is 30.0 Å². The van der Waals surface area contributed by atoms with Crippen LogP contribution in [0.3, 0.4) is 0 Å². The Balaban J connectivity index is 1.40. The number of halogens is 1. The lowest BCUT2D eigenvalue weighted by Gasteiger charge is -2.41. The van der Waals surface area contributed by atoms with Gasteiger partial charge in [0.15, 0.2) is 11.6 Å². The minimum Gasteiger partial charge on any atom is -0.507 e. The molecule has 2 aliphatic rings. The number of piperidine rings is 1. The van der Waals surface area contributed by atoms with Gasteiger partial charge in [0.2, 0.25) is 0 Å². The summed E-state index contributed by atoms with van der Waals surface area (Å²) in [5.41, 5.74) is 1.51. The van der Waals surface area contributed by atoms with Crippen molar-refractivity contribution >= 4 is 6.08 Å². The van der Waals surface area contributed by atoms with E-state index in [1.54, 1.807) is 25.1 Å². The minimum absolute atomic E-state index is 0.00532. The Morgan fingerprint density at radius 3 is 2.74 bits per heavy atom. The van der Waals surface area contributed by atoms with E-state index in [1.807, 2.05) is 6.92 Å². The molecule has 1 aromatic carbocycles. The quantitative estimate of drug-likeness (QED) is 0.662. The van der Waals surface area contributed by atoms with Crippen LogP contribution in [0.1, 0.15) is 44.8 Å². The molecule has 0 unspecified atom stereocenters. The van der Waals surface area contributed by atoms with Gasteiger partial charge in [0.05, 0.1) is 17.4 Å². The fourth-order valence-corrected chi connectivity index (χ4v) is 4.64. The van der Waals surface area contributed by atoms with Crippen LogP contribution in [0.4, 0.5) is 4.39 Å². The zero-order valence-corrected chi connectivity index (χ0v) is 17.5. The summed E-state index contributed by atoms with van der Waals surface area (Å²) in [5.74, 6) is 0.881. The zero-order valence-electron chi connectivity index (χ0n) is 17.5. The van der Waals surface area contributed by atoms with Crippen molar-refractivity contribution in [2.24, 2.45) is 0 Å². The highest BCUT2D eigenvalue weighted by Gasteiger charge is 2.53. The summed E-state index contributed by atoms with van der Waals surface area (Å²) in [6.07, 6.45) is 4.51. The average molecular weight is 422 g/mol. The zero-order chi connectivity index (χ0) is 21.8. The van der Waals surface area contributed by atoms with E-state index in [9.17, 15) is 5.11 Å². The number of alkyl halides is 1. The number of fused-ring (bicyclic) bond motifs is 2. The van der Waals surface area contributed by atoms with Gasteiger partial charge in [-0.1, -0.05) is 0 Å². The first-order valence-corrected chi connectivity index (χ1v) is 10.2. The summed E-state index contributed by atoms with van der Waals surface area (Å²) < 4.78 is 15.1. The van der Waals surface area contributed by atoms with Crippen molar-refractivity contribution in [2.45, 2.75) is 57.3 Å². The van der Waals surface area contributed by atoms with Crippen molar-refractivity contribution < 1.29 is 9.50 Å². The van der Waals surface area contributed by atoms with E-state index in [1.165, 1.54) is 17.1 Å². The normalized spacial score (nSPS) is 28.9. The molecule has 160 valence electrons. The molecule has 2 bridgehead atoms. The molecule has 2 aromatic heterocycles. The Labute approximate surface area is 178 Å². The van der Waals surface area contributed by atoms with Crippen molar-refractivity contribution in [1.29, 1.82) is 0 Å². The molecule has 0 radical (unpaired) electrons. The number of nitrogens with one attached hydrogen (secondary N) is 1. The maximum Gasteiger partial charge on any atom is 0.174 e. The van der Waals surface area contributed by atoms with E-state index in [0.29, 0.717) is 40.6 Å². The molecular weight excluding hydrogens is 399 g/mol. The standard InChI is InChI=1S/C21H23FN8O/c1-12-24-29-30(27-12)14-4-5-15(17(31)9-14)16-11-23-18(26-25-16)8-13-10-20(2)6-7-21(3,28-20)19(13)22/h4-5,8-9,11,19,28,31H,6-7,10H2,1-3H3/b13-8+/t19-,20+,21-/m0/s1. The van der Waals surface area contributed by atoms with E-state index in [4.69, 9.17) is 0 Å². The molecule has 0 spiro atoms. The van der Waals surface area contributed by atoms with Crippen LogP contribution in [0.25, 0.3) is 23.0 Å². The largest absolute Gasteiger partial charge is 0.507 e. The van der Waals surface area contributed by atoms with E-state index < -0.39 is 11.7 Å². The topological polar surface area (TPSA) is 115 Å². The molecule has 0 amide bonds. The average Bonchev–Trinajstić information content (AvgIpc) is 3.29. The van der Waals surface area contributed by atoms with Gasteiger partial charge in [0.25, 0.3) is 0 Å². The maximum atomic E-state index is 15.1. The predicted molar refractivity (Wildman–Crippen MR) is 111 cm³/mol. The van der Waals surface area contributed by atoms with Crippen molar-refractivity contribution in [3.05, 3.63) is 41.6 Å². The number of tetrazole rings is 1. The number of phenolic OH excluding ortho intramolecular Hbond substituents is 1. The smallest absolute Gasteiger partial charge is 0.174 e. The van der Waals surface area contributed by atoms with Crippen LogP contribution >= 0.6 is 0 Å². The Kier molecular flexibility index (Phi) is 4.37. The molecule has 5 rings (SSSR count). The third-order valence-electron chi connectivity index (χ3n) is 6.16. The van der Waals surface area contributed by atoms with Crippen molar-refractivity contribution in [3.63, 3.8) is 0 Å².